The van der Waals surface area contributed by atoms with E-state index in [1.54, 1.807) is 6.07 Å². The van der Waals surface area contributed by atoms with Crippen LogP contribution in [-0.2, 0) is 10.8 Å². The average molecular weight is 831 g/mol. The molecule has 0 atom stereocenters. The third kappa shape index (κ3) is 7.53. The molecule has 0 spiro atoms. The van der Waals surface area contributed by atoms with Crippen molar-refractivity contribution >= 4 is 21.8 Å². The zero-order valence-electron chi connectivity index (χ0n) is 37.1. The van der Waals surface area contributed by atoms with Gasteiger partial charge < -0.3 is 9.67 Å². The van der Waals surface area contributed by atoms with Crippen LogP contribution < -0.4 is 0 Å². The second kappa shape index (κ2) is 15.9. The van der Waals surface area contributed by atoms with Crippen LogP contribution in [-0.4, -0.2) is 24.6 Å². The summed E-state index contributed by atoms with van der Waals surface area (Å²) in [4.78, 5) is 15.1. The number of aromatic nitrogens is 4. The van der Waals surface area contributed by atoms with E-state index in [0.29, 0.717) is 11.3 Å². The lowest BCUT2D eigenvalue weighted by molar-refractivity contribution is 0.477. The molecule has 0 fully saturated rings. The molecule has 1 N–H and O–H groups in total. The lowest BCUT2D eigenvalue weighted by atomic mass is 9.79. The normalized spacial score (nSPS) is 12.0. The predicted octanol–water partition coefficient (Wildman–Crippen LogP) is 15.3. The first-order valence-corrected chi connectivity index (χ1v) is 22.0. The van der Waals surface area contributed by atoms with E-state index in [-0.39, 0.29) is 16.6 Å². The molecule has 0 aliphatic rings. The van der Waals surface area contributed by atoms with Crippen LogP contribution in [0, 0.1) is 0 Å². The van der Waals surface area contributed by atoms with Crippen LogP contribution in [0.3, 0.4) is 0 Å². The van der Waals surface area contributed by atoms with Crippen molar-refractivity contribution in [3.05, 3.63) is 199 Å². The zero-order valence-corrected chi connectivity index (χ0v) is 37.1. The van der Waals surface area contributed by atoms with Crippen molar-refractivity contribution in [3.63, 3.8) is 0 Å². The van der Waals surface area contributed by atoms with E-state index in [9.17, 15) is 5.11 Å². The highest BCUT2D eigenvalue weighted by Crippen LogP contribution is 2.44. The number of aromatic hydroxyl groups is 1. The van der Waals surface area contributed by atoms with Crippen molar-refractivity contribution in [2.45, 2.75) is 52.4 Å². The molecule has 0 amide bonds. The lowest BCUT2D eigenvalue weighted by Crippen LogP contribution is -2.16. The lowest BCUT2D eigenvalue weighted by Gasteiger charge is -2.26. The number of fused-ring (bicyclic) bond motifs is 3. The van der Waals surface area contributed by atoms with Gasteiger partial charge >= 0.3 is 0 Å². The van der Waals surface area contributed by atoms with E-state index in [1.807, 2.05) is 42.7 Å². The fraction of sp³-hybridized carbons (Fsp3) is 0.136. The summed E-state index contributed by atoms with van der Waals surface area (Å²) in [6, 6.07) is 61.3. The Morgan fingerprint density at radius 2 is 1.06 bits per heavy atom. The summed E-state index contributed by atoms with van der Waals surface area (Å²) in [5, 5.41) is 13.5. The fourth-order valence-corrected chi connectivity index (χ4v) is 8.85. The standard InChI is InChI=1S/C59H50N4O/c1-58(2,3)43-32-41(33-44(37-43)59(4,5)6)42-35-52(62-53(36-42)48-22-11-13-25-55(48)64)39-18-16-17-38(31-39)51-34-40(28-30-61-51)56-49(50-23-14-15-29-60-50)27-26-47-46-21-10-12-24-54(46)63(57(47)56)45-19-8-7-9-20-45/h7-37,64H,1-6H3. The number of hydrogen-bond donors (Lipinski definition) is 1. The van der Waals surface area contributed by atoms with Crippen molar-refractivity contribution < 1.29 is 5.11 Å². The molecule has 0 bridgehead atoms. The highest BCUT2D eigenvalue weighted by molar-refractivity contribution is 6.16. The maximum Gasteiger partial charge on any atom is 0.124 e. The fourth-order valence-electron chi connectivity index (χ4n) is 8.85. The minimum atomic E-state index is -0.0513. The number of nitrogens with zero attached hydrogens (tertiary/aromatic N) is 4. The van der Waals surface area contributed by atoms with E-state index in [2.05, 4.69) is 186 Å². The SMILES string of the molecule is CC(C)(C)c1cc(-c2cc(-c3cccc(-c4cc(-c5c(-c6ccccn6)ccc6c7ccccc7n(-c7ccccc7)c56)ccn4)c3)nc(-c3ccccc3O)c2)cc(C(C)(C)C)c1. The van der Waals surface area contributed by atoms with Crippen molar-refractivity contribution in [3.8, 4) is 78.7 Å². The van der Waals surface area contributed by atoms with E-state index < -0.39 is 0 Å². The molecular formula is C59H50N4O. The van der Waals surface area contributed by atoms with Crippen LogP contribution in [0.15, 0.2) is 188 Å². The molecule has 4 aromatic heterocycles. The zero-order chi connectivity index (χ0) is 44.2. The van der Waals surface area contributed by atoms with Gasteiger partial charge in [0.05, 0.1) is 33.8 Å². The molecule has 64 heavy (non-hydrogen) atoms. The van der Waals surface area contributed by atoms with Crippen LogP contribution in [0.2, 0.25) is 0 Å². The van der Waals surface area contributed by atoms with Gasteiger partial charge in [0.1, 0.15) is 5.75 Å². The summed E-state index contributed by atoms with van der Waals surface area (Å²) in [5.41, 5.74) is 17.0. The number of para-hydroxylation sites is 3. The molecule has 5 nitrogen and oxygen atoms in total. The molecule has 0 radical (unpaired) electrons. The Kier molecular flexibility index (Phi) is 10.1. The van der Waals surface area contributed by atoms with Gasteiger partial charge in [-0.05, 0) is 111 Å². The molecule has 0 aliphatic carbocycles. The molecule has 312 valence electrons. The Morgan fingerprint density at radius 3 is 1.80 bits per heavy atom. The number of phenolic OH excluding ortho intramolecular Hbond substituents is 1. The monoisotopic (exact) mass is 830 g/mol. The minimum Gasteiger partial charge on any atom is -0.507 e. The van der Waals surface area contributed by atoms with E-state index in [0.717, 1.165) is 72.7 Å². The number of pyridine rings is 3. The van der Waals surface area contributed by atoms with Crippen molar-refractivity contribution in [1.29, 1.82) is 0 Å². The molecule has 6 aromatic carbocycles. The highest BCUT2D eigenvalue weighted by atomic mass is 16.3. The van der Waals surface area contributed by atoms with Gasteiger partial charge in [0.15, 0.2) is 0 Å². The van der Waals surface area contributed by atoms with Gasteiger partial charge in [-0.3, -0.25) is 9.97 Å². The molecule has 0 saturated heterocycles. The van der Waals surface area contributed by atoms with Crippen LogP contribution in [0.4, 0.5) is 0 Å². The van der Waals surface area contributed by atoms with Gasteiger partial charge in [-0.2, -0.15) is 0 Å². The number of benzene rings is 6. The van der Waals surface area contributed by atoms with Crippen LogP contribution >= 0.6 is 0 Å². The molecule has 0 aliphatic heterocycles. The Balaban J connectivity index is 1.16. The summed E-state index contributed by atoms with van der Waals surface area (Å²) >= 11 is 0. The van der Waals surface area contributed by atoms with Crippen molar-refractivity contribution in [2.75, 3.05) is 0 Å². The topological polar surface area (TPSA) is 63.8 Å². The Morgan fingerprint density at radius 1 is 0.422 bits per heavy atom. The summed E-state index contributed by atoms with van der Waals surface area (Å²) in [6.07, 6.45) is 3.77. The second-order valence-corrected chi connectivity index (χ2v) is 18.7. The third-order valence-electron chi connectivity index (χ3n) is 12.3. The molecule has 0 saturated carbocycles. The first-order chi connectivity index (χ1) is 30.9. The smallest absolute Gasteiger partial charge is 0.124 e. The maximum atomic E-state index is 11.1. The molecule has 10 rings (SSSR count). The largest absolute Gasteiger partial charge is 0.507 e. The predicted molar refractivity (Wildman–Crippen MR) is 266 cm³/mol. The molecule has 4 heterocycles. The van der Waals surface area contributed by atoms with Crippen LogP contribution in [0.5, 0.6) is 5.75 Å². The van der Waals surface area contributed by atoms with Gasteiger partial charge in [0, 0.05) is 56.7 Å². The van der Waals surface area contributed by atoms with Gasteiger partial charge in [-0.15, -0.1) is 0 Å². The summed E-state index contributed by atoms with van der Waals surface area (Å²) < 4.78 is 2.38. The van der Waals surface area contributed by atoms with Crippen molar-refractivity contribution in [1.82, 2.24) is 19.5 Å². The quantitative estimate of drug-likeness (QED) is 0.174. The van der Waals surface area contributed by atoms with E-state index >= 15 is 0 Å². The van der Waals surface area contributed by atoms with Crippen LogP contribution in [0.1, 0.15) is 52.7 Å². The minimum absolute atomic E-state index is 0.0513. The summed E-state index contributed by atoms with van der Waals surface area (Å²) in [6.45, 7) is 13.6. The van der Waals surface area contributed by atoms with E-state index in [4.69, 9.17) is 15.0 Å². The molecule has 0 unspecified atom stereocenters. The average Bonchev–Trinajstić information content (AvgIpc) is 3.65. The Hall–Kier alpha value is -7.63. The first kappa shape index (κ1) is 40.4. The molecule has 10 aromatic rings. The number of phenols is 1. The Labute approximate surface area is 375 Å². The number of rotatable bonds is 7. The van der Waals surface area contributed by atoms with Gasteiger partial charge in [-0.1, -0.05) is 145 Å². The molecular weight excluding hydrogens is 781 g/mol. The number of hydrogen-bond acceptors (Lipinski definition) is 4. The summed E-state index contributed by atoms with van der Waals surface area (Å²) in [7, 11) is 0. The van der Waals surface area contributed by atoms with Gasteiger partial charge in [-0.25, -0.2) is 4.98 Å². The van der Waals surface area contributed by atoms with Crippen LogP contribution in [0.25, 0.3) is 94.8 Å². The van der Waals surface area contributed by atoms with Crippen molar-refractivity contribution in [2.24, 2.45) is 0 Å². The summed E-state index contributed by atoms with van der Waals surface area (Å²) in [5.74, 6) is 0.193. The third-order valence-corrected chi connectivity index (χ3v) is 12.3. The van der Waals surface area contributed by atoms with Gasteiger partial charge in [0.25, 0.3) is 0 Å². The van der Waals surface area contributed by atoms with Gasteiger partial charge in [0.2, 0.25) is 0 Å². The Bertz CT molecular complexity index is 3320. The highest BCUT2D eigenvalue weighted by Gasteiger charge is 2.24. The maximum absolute atomic E-state index is 11.1. The van der Waals surface area contributed by atoms with E-state index in [1.165, 1.54) is 21.9 Å². The molecule has 5 heteroatoms. The second-order valence-electron chi connectivity index (χ2n) is 18.7. The first-order valence-electron chi connectivity index (χ1n) is 22.0.